The van der Waals surface area contributed by atoms with Gasteiger partial charge in [0.15, 0.2) is 0 Å². The molecule has 4 aromatic rings. The molecular formula is C27H21BrClN3O4S. The molecule has 37 heavy (non-hydrogen) atoms. The van der Waals surface area contributed by atoms with Gasteiger partial charge in [0, 0.05) is 26.3 Å². The van der Waals surface area contributed by atoms with Gasteiger partial charge in [0.1, 0.15) is 12.4 Å². The van der Waals surface area contributed by atoms with Crippen LogP contribution in [0.4, 0.5) is 5.69 Å². The largest absolute Gasteiger partial charge is 0.488 e. The molecule has 0 bridgehead atoms. The Hall–Kier alpha value is -3.66. The number of anilines is 1. The summed E-state index contributed by atoms with van der Waals surface area (Å²) >= 11 is 9.26. The van der Waals surface area contributed by atoms with Gasteiger partial charge in [-0.2, -0.15) is 5.10 Å². The van der Waals surface area contributed by atoms with E-state index in [4.69, 9.17) is 16.3 Å². The molecule has 0 aliphatic heterocycles. The van der Waals surface area contributed by atoms with E-state index in [1.54, 1.807) is 0 Å². The van der Waals surface area contributed by atoms with Crippen LogP contribution in [0.15, 0.2) is 112 Å². The Balaban J connectivity index is 1.38. The molecular weight excluding hydrogens is 578 g/mol. The average molecular weight is 599 g/mol. The summed E-state index contributed by atoms with van der Waals surface area (Å²) < 4.78 is 34.3. The molecule has 0 saturated heterocycles. The number of carbonyl (C=O) groups excluding carboxylic acids is 1. The SMILES string of the molecule is O=C(N/N=C\c1cc(Br)ccc1OCc1ccccc1)c1ccc(NS(=O)(=O)c2ccc(Cl)cc2)cc1. The number of benzene rings is 4. The van der Waals surface area contributed by atoms with Gasteiger partial charge in [0.05, 0.1) is 11.1 Å². The highest BCUT2D eigenvalue weighted by molar-refractivity contribution is 9.10. The van der Waals surface area contributed by atoms with Crippen LogP contribution < -0.4 is 14.9 Å². The minimum atomic E-state index is -3.79. The molecule has 0 atom stereocenters. The number of nitrogens with zero attached hydrogens (tertiary/aromatic N) is 1. The predicted octanol–water partition coefficient (Wildman–Crippen LogP) is 6.25. The average Bonchev–Trinajstić information content (AvgIpc) is 2.89. The lowest BCUT2D eigenvalue weighted by Gasteiger charge is -2.10. The summed E-state index contributed by atoms with van der Waals surface area (Å²) in [4.78, 5) is 12.6. The van der Waals surface area contributed by atoms with Crippen LogP contribution >= 0.6 is 27.5 Å². The van der Waals surface area contributed by atoms with Gasteiger partial charge in [-0.25, -0.2) is 13.8 Å². The van der Waals surface area contributed by atoms with E-state index in [0.29, 0.717) is 34.2 Å². The van der Waals surface area contributed by atoms with Gasteiger partial charge >= 0.3 is 0 Å². The summed E-state index contributed by atoms with van der Waals surface area (Å²) in [5.74, 6) is 0.160. The van der Waals surface area contributed by atoms with Crippen LogP contribution in [0.2, 0.25) is 5.02 Å². The molecule has 2 N–H and O–H groups in total. The minimum absolute atomic E-state index is 0.0766. The van der Waals surface area contributed by atoms with Crippen molar-refractivity contribution in [3.63, 3.8) is 0 Å². The molecule has 0 aliphatic rings. The summed E-state index contributed by atoms with van der Waals surface area (Å²) in [5.41, 5.74) is 4.80. The van der Waals surface area contributed by atoms with Crippen LogP contribution in [0.25, 0.3) is 0 Å². The second-order valence-electron chi connectivity index (χ2n) is 7.79. The van der Waals surface area contributed by atoms with E-state index in [9.17, 15) is 13.2 Å². The second-order valence-corrected chi connectivity index (χ2v) is 10.8. The Labute approximate surface area is 228 Å². The Bertz CT molecular complexity index is 1510. The van der Waals surface area contributed by atoms with Crippen molar-refractivity contribution < 1.29 is 17.9 Å². The summed E-state index contributed by atoms with van der Waals surface area (Å²) in [6, 6.07) is 27.1. The van der Waals surface area contributed by atoms with Crippen LogP contribution in [0.3, 0.4) is 0 Å². The Morgan fingerprint density at radius 2 is 1.65 bits per heavy atom. The summed E-state index contributed by atoms with van der Waals surface area (Å²) in [7, 11) is -3.79. The van der Waals surface area contributed by atoms with Crippen molar-refractivity contribution in [2.75, 3.05) is 4.72 Å². The molecule has 0 aliphatic carbocycles. The lowest BCUT2D eigenvalue weighted by molar-refractivity contribution is 0.0955. The molecule has 4 rings (SSSR count). The molecule has 0 fully saturated rings. The van der Waals surface area contributed by atoms with Crippen molar-refractivity contribution in [1.29, 1.82) is 0 Å². The van der Waals surface area contributed by atoms with E-state index in [1.807, 2.05) is 48.5 Å². The highest BCUT2D eigenvalue weighted by Gasteiger charge is 2.14. The zero-order valence-electron chi connectivity index (χ0n) is 19.3. The first kappa shape index (κ1) is 26.4. The van der Waals surface area contributed by atoms with Gasteiger partial charge in [0.2, 0.25) is 0 Å². The third-order valence-electron chi connectivity index (χ3n) is 5.10. The van der Waals surface area contributed by atoms with Gasteiger partial charge in [0.25, 0.3) is 15.9 Å². The molecule has 0 aromatic heterocycles. The van der Waals surface area contributed by atoms with E-state index in [0.717, 1.165) is 10.0 Å². The first-order valence-corrected chi connectivity index (χ1v) is 13.6. The minimum Gasteiger partial charge on any atom is -0.488 e. The van der Waals surface area contributed by atoms with Crippen LogP contribution in [0.5, 0.6) is 5.75 Å². The number of amides is 1. The molecule has 0 radical (unpaired) electrons. The molecule has 4 aromatic carbocycles. The normalized spacial score (nSPS) is 11.3. The van der Waals surface area contributed by atoms with Gasteiger partial charge in [-0.05, 0) is 72.3 Å². The van der Waals surface area contributed by atoms with Crippen molar-refractivity contribution in [3.8, 4) is 5.75 Å². The third kappa shape index (κ3) is 7.42. The maximum atomic E-state index is 12.5. The number of ether oxygens (including phenoxy) is 1. The van der Waals surface area contributed by atoms with Gasteiger partial charge in [-0.3, -0.25) is 9.52 Å². The Morgan fingerprint density at radius 3 is 2.35 bits per heavy atom. The zero-order chi connectivity index (χ0) is 26.3. The topological polar surface area (TPSA) is 96.9 Å². The van der Waals surface area contributed by atoms with Gasteiger partial charge < -0.3 is 4.74 Å². The highest BCUT2D eigenvalue weighted by Crippen LogP contribution is 2.23. The first-order chi connectivity index (χ1) is 17.8. The number of carbonyl (C=O) groups is 1. The lowest BCUT2D eigenvalue weighted by Crippen LogP contribution is -2.18. The molecule has 188 valence electrons. The van der Waals surface area contributed by atoms with E-state index in [2.05, 4.69) is 31.2 Å². The zero-order valence-corrected chi connectivity index (χ0v) is 22.4. The van der Waals surface area contributed by atoms with E-state index >= 15 is 0 Å². The molecule has 7 nitrogen and oxygen atoms in total. The molecule has 0 saturated carbocycles. The van der Waals surface area contributed by atoms with Crippen LogP contribution in [0, 0.1) is 0 Å². The molecule has 0 heterocycles. The summed E-state index contributed by atoms with van der Waals surface area (Å²) in [6.45, 7) is 0.393. The number of sulfonamides is 1. The van der Waals surface area contributed by atoms with Crippen molar-refractivity contribution >= 4 is 55.4 Å². The predicted molar refractivity (Wildman–Crippen MR) is 149 cm³/mol. The Kier molecular flexibility index (Phi) is 8.60. The fraction of sp³-hybridized carbons (Fsp3) is 0.0370. The highest BCUT2D eigenvalue weighted by atomic mass is 79.9. The maximum absolute atomic E-state index is 12.5. The maximum Gasteiger partial charge on any atom is 0.271 e. The van der Waals surface area contributed by atoms with E-state index < -0.39 is 15.9 Å². The van der Waals surface area contributed by atoms with Gasteiger partial charge in [-0.1, -0.05) is 57.9 Å². The van der Waals surface area contributed by atoms with Crippen LogP contribution in [-0.2, 0) is 16.6 Å². The number of hydrazone groups is 1. The standard InChI is InChI=1S/C27H21BrClN3O4S/c28-22-8-15-26(36-18-19-4-2-1-3-5-19)21(16-22)17-30-31-27(33)20-6-11-24(12-7-20)32-37(34,35)25-13-9-23(29)10-14-25/h1-17,32H,18H2,(H,31,33)/b30-17-. The quantitative estimate of drug-likeness (QED) is 0.176. The lowest BCUT2D eigenvalue weighted by atomic mass is 10.2. The number of hydrogen-bond donors (Lipinski definition) is 2. The molecule has 1 amide bonds. The number of nitrogens with one attached hydrogen (secondary N) is 2. The van der Waals surface area contributed by atoms with Gasteiger partial charge in [-0.15, -0.1) is 0 Å². The fourth-order valence-electron chi connectivity index (χ4n) is 3.23. The summed E-state index contributed by atoms with van der Waals surface area (Å²) in [6.07, 6.45) is 1.50. The van der Waals surface area contributed by atoms with Crippen molar-refractivity contribution in [2.45, 2.75) is 11.5 Å². The number of hydrogen-bond acceptors (Lipinski definition) is 5. The fourth-order valence-corrected chi connectivity index (χ4v) is 4.79. The van der Waals surface area contributed by atoms with Crippen LogP contribution in [-0.4, -0.2) is 20.5 Å². The summed E-state index contributed by atoms with van der Waals surface area (Å²) in [5, 5.41) is 4.49. The smallest absolute Gasteiger partial charge is 0.271 e. The first-order valence-electron chi connectivity index (χ1n) is 11.0. The number of halogens is 2. The van der Waals surface area contributed by atoms with Crippen molar-refractivity contribution in [3.05, 3.63) is 123 Å². The molecule has 10 heteroatoms. The van der Waals surface area contributed by atoms with Crippen molar-refractivity contribution in [1.82, 2.24) is 5.43 Å². The second kappa shape index (κ2) is 12.1. The van der Waals surface area contributed by atoms with Crippen molar-refractivity contribution in [2.24, 2.45) is 5.10 Å². The molecule has 0 unspecified atom stereocenters. The van der Waals surface area contributed by atoms with E-state index in [1.165, 1.54) is 54.7 Å². The third-order valence-corrected chi connectivity index (χ3v) is 7.24. The van der Waals surface area contributed by atoms with Crippen LogP contribution in [0.1, 0.15) is 21.5 Å². The number of rotatable bonds is 9. The van der Waals surface area contributed by atoms with E-state index in [-0.39, 0.29) is 4.90 Å². The monoisotopic (exact) mass is 597 g/mol. The molecule has 0 spiro atoms. The Morgan fingerprint density at radius 1 is 0.946 bits per heavy atom.